The molecule has 0 radical (unpaired) electrons. The lowest BCUT2D eigenvalue weighted by Crippen LogP contribution is -2.17. The number of anilines is 1. The molecule has 0 bridgehead atoms. The number of hydrogen-bond acceptors (Lipinski definition) is 4. The molecule has 0 fully saturated rings. The van der Waals surface area contributed by atoms with Crippen molar-refractivity contribution in [2.24, 2.45) is 0 Å². The number of benzene rings is 2. The fraction of sp³-hybridized carbons (Fsp3) is 0.167. The number of ether oxygens (including phenoxy) is 1. The lowest BCUT2D eigenvalue weighted by molar-refractivity contribution is -0.274. The zero-order chi connectivity index (χ0) is 20.5. The largest absolute Gasteiger partial charge is 0.573 e. The SMILES string of the molecule is Cc1nn(-c2ccccc2)c(C)c1NS(=O)(=O)c1ccc(OC(F)(F)F)cc1. The number of aryl methyl sites for hydroxylation is 1. The van der Waals surface area contributed by atoms with Crippen LogP contribution in [0, 0.1) is 13.8 Å². The fourth-order valence-corrected chi connectivity index (χ4v) is 3.80. The van der Waals surface area contributed by atoms with Crippen molar-refractivity contribution in [3.05, 3.63) is 66.0 Å². The van der Waals surface area contributed by atoms with Crippen LogP contribution >= 0.6 is 0 Å². The quantitative estimate of drug-likeness (QED) is 0.683. The summed E-state index contributed by atoms with van der Waals surface area (Å²) in [5, 5.41) is 4.36. The molecule has 0 atom stereocenters. The number of sulfonamides is 1. The summed E-state index contributed by atoms with van der Waals surface area (Å²) in [6.45, 7) is 3.37. The molecule has 1 aromatic heterocycles. The van der Waals surface area contributed by atoms with Gasteiger partial charge in [0.15, 0.2) is 0 Å². The maximum Gasteiger partial charge on any atom is 0.573 e. The van der Waals surface area contributed by atoms with Gasteiger partial charge in [0.05, 0.1) is 27.7 Å². The molecule has 0 saturated heterocycles. The third-order valence-electron chi connectivity index (χ3n) is 3.90. The van der Waals surface area contributed by atoms with Crippen LogP contribution in [0.15, 0.2) is 59.5 Å². The Morgan fingerprint density at radius 1 is 1.00 bits per heavy atom. The molecule has 0 aliphatic heterocycles. The van der Waals surface area contributed by atoms with Gasteiger partial charge in [-0.3, -0.25) is 4.72 Å². The molecule has 28 heavy (non-hydrogen) atoms. The van der Waals surface area contributed by atoms with Gasteiger partial charge in [0.25, 0.3) is 10.0 Å². The van der Waals surface area contributed by atoms with Crippen LogP contribution in [0.1, 0.15) is 11.4 Å². The van der Waals surface area contributed by atoms with Crippen LogP contribution in [-0.4, -0.2) is 24.6 Å². The summed E-state index contributed by atoms with van der Waals surface area (Å²) in [5.74, 6) is -0.504. The molecule has 0 aliphatic carbocycles. The molecule has 0 unspecified atom stereocenters. The lowest BCUT2D eigenvalue weighted by Gasteiger charge is -2.11. The minimum Gasteiger partial charge on any atom is -0.406 e. The summed E-state index contributed by atoms with van der Waals surface area (Å²) in [7, 11) is -4.03. The molecule has 3 aromatic rings. The number of alkyl halides is 3. The van der Waals surface area contributed by atoms with Crippen molar-refractivity contribution in [2.45, 2.75) is 25.1 Å². The second-order valence-electron chi connectivity index (χ2n) is 5.92. The summed E-state index contributed by atoms with van der Waals surface area (Å²) >= 11 is 0. The zero-order valence-corrected chi connectivity index (χ0v) is 15.7. The van der Waals surface area contributed by atoms with E-state index in [1.54, 1.807) is 18.5 Å². The minimum atomic E-state index is -4.85. The Hall–Kier alpha value is -3.01. The lowest BCUT2D eigenvalue weighted by atomic mass is 10.3. The molecule has 0 amide bonds. The van der Waals surface area contributed by atoms with Crippen molar-refractivity contribution in [3.63, 3.8) is 0 Å². The van der Waals surface area contributed by atoms with E-state index in [-0.39, 0.29) is 4.90 Å². The third kappa shape index (κ3) is 4.28. The van der Waals surface area contributed by atoms with Gasteiger partial charge in [-0.1, -0.05) is 18.2 Å². The highest BCUT2D eigenvalue weighted by atomic mass is 32.2. The van der Waals surface area contributed by atoms with Crippen LogP contribution in [-0.2, 0) is 10.0 Å². The first-order chi connectivity index (χ1) is 13.1. The Morgan fingerprint density at radius 2 is 1.61 bits per heavy atom. The average molecular weight is 411 g/mol. The second kappa shape index (κ2) is 7.19. The van der Waals surface area contributed by atoms with Crippen molar-refractivity contribution < 1.29 is 26.3 Å². The van der Waals surface area contributed by atoms with Crippen LogP contribution in [0.3, 0.4) is 0 Å². The van der Waals surface area contributed by atoms with Gasteiger partial charge in [-0.05, 0) is 50.2 Å². The van der Waals surface area contributed by atoms with Gasteiger partial charge < -0.3 is 4.74 Å². The van der Waals surface area contributed by atoms with Crippen molar-refractivity contribution in [3.8, 4) is 11.4 Å². The van der Waals surface area contributed by atoms with Crippen LogP contribution in [0.4, 0.5) is 18.9 Å². The van der Waals surface area contributed by atoms with Gasteiger partial charge in [0.1, 0.15) is 5.75 Å². The highest BCUT2D eigenvalue weighted by molar-refractivity contribution is 7.92. The van der Waals surface area contributed by atoms with Gasteiger partial charge in [-0.15, -0.1) is 13.2 Å². The zero-order valence-electron chi connectivity index (χ0n) is 14.9. The molecular weight excluding hydrogens is 395 g/mol. The molecule has 148 valence electrons. The average Bonchev–Trinajstić information content (AvgIpc) is 2.89. The number of nitrogens with one attached hydrogen (secondary N) is 1. The maximum atomic E-state index is 12.6. The number of halogens is 3. The first kappa shape index (κ1) is 19.7. The van der Waals surface area contributed by atoms with Crippen molar-refractivity contribution in [1.82, 2.24) is 9.78 Å². The summed E-state index contributed by atoms with van der Waals surface area (Å²) < 4.78 is 69.8. The standard InChI is InChI=1S/C18H16F3N3O3S/c1-12-17(13(2)24(22-12)14-6-4-3-5-7-14)23-28(25,26)16-10-8-15(9-11-16)27-18(19,20)21/h3-11,23H,1-2H3. The molecule has 1 heterocycles. The van der Waals surface area contributed by atoms with Crippen molar-refractivity contribution >= 4 is 15.7 Å². The van der Waals surface area contributed by atoms with E-state index < -0.39 is 22.1 Å². The van der Waals surface area contributed by atoms with E-state index >= 15 is 0 Å². The number of rotatable bonds is 5. The first-order valence-corrected chi connectivity index (χ1v) is 9.55. The third-order valence-corrected chi connectivity index (χ3v) is 5.26. The molecule has 6 nitrogen and oxygen atoms in total. The van der Waals surface area contributed by atoms with E-state index in [9.17, 15) is 21.6 Å². The Balaban J connectivity index is 1.88. The predicted octanol–water partition coefficient (Wildman–Crippen LogP) is 4.19. The Labute approximate surface area is 159 Å². The van der Waals surface area contributed by atoms with Crippen LogP contribution < -0.4 is 9.46 Å². The fourth-order valence-electron chi connectivity index (χ4n) is 2.62. The summed E-state index contributed by atoms with van der Waals surface area (Å²) in [5.41, 5.74) is 2.10. The van der Waals surface area contributed by atoms with E-state index in [1.807, 2.05) is 30.3 Å². The van der Waals surface area contributed by atoms with Crippen LogP contribution in [0.2, 0.25) is 0 Å². The molecule has 1 N–H and O–H groups in total. The molecule has 2 aromatic carbocycles. The van der Waals surface area contributed by atoms with E-state index in [4.69, 9.17) is 0 Å². The van der Waals surface area contributed by atoms with Crippen molar-refractivity contribution in [1.29, 1.82) is 0 Å². The van der Waals surface area contributed by atoms with Crippen molar-refractivity contribution in [2.75, 3.05) is 4.72 Å². The molecule has 0 spiro atoms. The summed E-state index contributed by atoms with van der Waals surface area (Å²) in [4.78, 5) is -0.201. The minimum absolute atomic E-state index is 0.201. The van der Waals surface area contributed by atoms with E-state index in [1.165, 1.54) is 0 Å². The van der Waals surface area contributed by atoms with E-state index in [0.29, 0.717) is 17.1 Å². The van der Waals surface area contributed by atoms with Gasteiger partial charge in [-0.2, -0.15) is 5.10 Å². The number of hydrogen-bond donors (Lipinski definition) is 1. The molecule has 3 rings (SSSR count). The van der Waals surface area contributed by atoms with Crippen LogP contribution in [0.25, 0.3) is 5.69 Å². The molecule has 0 aliphatic rings. The van der Waals surface area contributed by atoms with Gasteiger partial charge in [0, 0.05) is 0 Å². The number of aromatic nitrogens is 2. The summed E-state index contributed by atoms with van der Waals surface area (Å²) in [6, 6.07) is 13.1. The van der Waals surface area contributed by atoms with Gasteiger partial charge >= 0.3 is 6.36 Å². The maximum absolute atomic E-state index is 12.6. The topological polar surface area (TPSA) is 73.2 Å². The Kier molecular flexibility index (Phi) is 5.07. The molecular formula is C18H16F3N3O3S. The molecule has 10 heteroatoms. The predicted molar refractivity (Wildman–Crippen MR) is 97.0 cm³/mol. The number of para-hydroxylation sites is 1. The highest BCUT2D eigenvalue weighted by Crippen LogP contribution is 2.27. The van der Waals surface area contributed by atoms with Gasteiger partial charge in [-0.25, -0.2) is 13.1 Å². The van der Waals surface area contributed by atoms with Crippen LogP contribution in [0.5, 0.6) is 5.75 Å². The Morgan fingerprint density at radius 3 is 2.18 bits per heavy atom. The normalized spacial score (nSPS) is 12.0. The smallest absolute Gasteiger partial charge is 0.406 e. The summed E-state index contributed by atoms with van der Waals surface area (Å²) in [6.07, 6.45) is -4.85. The first-order valence-electron chi connectivity index (χ1n) is 8.07. The van der Waals surface area contributed by atoms with E-state index in [2.05, 4.69) is 14.6 Å². The number of nitrogens with zero attached hydrogens (tertiary/aromatic N) is 2. The second-order valence-corrected chi connectivity index (χ2v) is 7.60. The van der Waals surface area contributed by atoms with Gasteiger partial charge in [0.2, 0.25) is 0 Å². The Bertz CT molecular complexity index is 1080. The van der Waals surface area contributed by atoms with E-state index in [0.717, 1.165) is 30.0 Å². The monoisotopic (exact) mass is 411 g/mol. The highest BCUT2D eigenvalue weighted by Gasteiger charge is 2.31. The molecule has 0 saturated carbocycles.